The summed E-state index contributed by atoms with van der Waals surface area (Å²) in [7, 11) is 0. The third-order valence-corrected chi connectivity index (χ3v) is 2.89. The molecule has 22 heavy (non-hydrogen) atoms. The second-order valence-corrected chi connectivity index (χ2v) is 5.71. The normalized spacial score (nSPS) is 10.7. The molecule has 5 heteroatoms. The lowest BCUT2D eigenvalue weighted by Gasteiger charge is -2.18. The van der Waals surface area contributed by atoms with E-state index in [1.165, 1.54) is 12.1 Å². The van der Waals surface area contributed by atoms with Gasteiger partial charge in [0.05, 0.1) is 12.4 Å². The average Bonchev–Trinajstić information content (AvgIpc) is 2.45. The molecule has 0 saturated heterocycles. The molecule has 0 aliphatic carbocycles. The van der Waals surface area contributed by atoms with Gasteiger partial charge in [0.25, 0.3) is 0 Å². The Morgan fingerprint density at radius 3 is 2.68 bits per heavy atom. The van der Waals surface area contributed by atoms with Crippen LogP contribution in [0.4, 0.5) is 10.2 Å². The molecule has 4 nitrogen and oxygen atoms in total. The van der Waals surface area contributed by atoms with Gasteiger partial charge in [0.1, 0.15) is 17.3 Å². The highest BCUT2D eigenvalue weighted by atomic mass is 19.1. The molecule has 2 rings (SSSR count). The summed E-state index contributed by atoms with van der Waals surface area (Å²) in [5.74, 6) is 6.09. The molecular formula is C17H19FN4. The first-order valence-electron chi connectivity index (χ1n) is 7.05. The van der Waals surface area contributed by atoms with E-state index in [0.717, 1.165) is 13.0 Å². The molecule has 0 aliphatic heterocycles. The molecule has 0 atom stereocenters. The van der Waals surface area contributed by atoms with Crippen LogP contribution in [-0.4, -0.2) is 22.1 Å². The largest absolute Gasteiger partial charge is 0.369 e. The number of rotatable bonds is 4. The van der Waals surface area contributed by atoms with Gasteiger partial charge in [0.2, 0.25) is 0 Å². The minimum atomic E-state index is -0.305. The molecule has 3 N–H and O–H groups in total. The fourth-order valence-corrected chi connectivity index (χ4v) is 1.70. The molecule has 0 saturated carbocycles. The van der Waals surface area contributed by atoms with Crippen LogP contribution in [-0.2, 0) is 0 Å². The maximum atomic E-state index is 13.0. The lowest BCUT2D eigenvalue weighted by atomic mass is 10.0. The van der Waals surface area contributed by atoms with Gasteiger partial charge in [0, 0.05) is 17.6 Å². The Bertz CT molecular complexity index is 678. The highest BCUT2D eigenvalue weighted by Crippen LogP contribution is 2.06. The lowest BCUT2D eigenvalue weighted by Crippen LogP contribution is -2.34. The average molecular weight is 298 g/mol. The fourth-order valence-electron chi connectivity index (χ4n) is 1.70. The molecule has 1 heterocycles. The predicted molar refractivity (Wildman–Crippen MR) is 85.8 cm³/mol. The van der Waals surface area contributed by atoms with Crippen molar-refractivity contribution >= 4 is 5.82 Å². The van der Waals surface area contributed by atoms with E-state index < -0.39 is 0 Å². The van der Waals surface area contributed by atoms with Crippen molar-refractivity contribution in [3.63, 3.8) is 0 Å². The first-order chi connectivity index (χ1) is 10.4. The highest BCUT2D eigenvalue weighted by molar-refractivity contribution is 5.41. The fraction of sp³-hybridized carbons (Fsp3) is 0.294. The van der Waals surface area contributed by atoms with Crippen LogP contribution in [0, 0.1) is 17.7 Å². The van der Waals surface area contributed by atoms with E-state index in [0.29, 0.717) is 17.1 Å². The summed E-state index contributed by atoms with van der Waals surface area (Å²) >= 11 is 0. The zero-order chi connectivity index (χ0) is 16.0. The molecule has 0 unspecified atom stereocenters. The van der Waals surface area contributed by atoms with Crippen LogP contribution in [0.3, 0.4) is 0 Å². The number of aromatic nitrogens is 2. The molecule has 0 radical (unpaired) electrons. The van der Waals surface area contributed by atoms with Crippen LogP contribution in [0.5, 0.6) is 0 Å². The van der Waals surface area contributed by atoms with Crippen molar-refractivity contribution in [2.45, 2.75) is 25.8 Å². The third-order valence-electron chi connectivity index (χ3n) is 2.89. The zero-order valence-electron chi connectivity index (χ0n) is 12.7. The Morgan fingerprint density at radius 2 is 2.05 bits per heavy atom. The summed E-state index contributed by atoms with van der Waals surface area (Å²) < 4.78 is 13.0. The Hall–Kier alpha value is -2.45. The van der Waals surface area contributed by atoms with E-state index >= 15 is 0 Å². The van der Waals surface area contributed by atoms with Crippen molar-refractivity contribution in [3.05, 3.63) is 53.7 Å². The summed E-state index contributed by atoms with van der Waals surface area (Å²) in [4.78, 5) is 8.44. The number of hydrogen-bond donors (Lipinski definition) is 2. The number of hydrogen-bond acceptors (Lipinski definition) is 4. The summed E-state index contributed by atoms with van der Waals surface area (Å²) in [6.45, 7) is 4.68. The molecule has 2 aromatic rings. The van der Waals surface area contributed by atoms with Crippen LogP contribution in [0.25, 0.3) is 0 Å². The van der Waals surface area contributed by atoms with Crippen molar-refractivity contribution in [2.24, 2.45) is 5.73 Å². The molecule has 0 bridgehead atoms. The van der Waals surface area contributed by atoms with Crippen molar-refractivity contribution in [1.82, 2.24) is 9.97 Å². The number of nitrogens with two attached hydrogens (primary N) is 1. The van der Waals surface area contributed by atoms with Crippen LogP contribution < -0.4 is 11.1 Å². The number of nitrogens with zero attached hydrogens (tertiary/aromatic N) is 2. The van der Waals surface area contributed by atoms with Gasteiger partial charge in [-0.05, 0) is 44.4 Å². The first-order valence-corrected chi connectivity index (χ1v) is 7.05. The van der Waals surface area contributed by atoms with E-state index in [1.807, 2.05) is 13.8 Å². The molecule has 114 valence electrons. The van der Waals surface area contributed by atoms with Crippen LogP contribution in [0.15, 0.2) is 36.7 Å². The SMILES string of the molecule is CC(C)(N)CCNc1cnc(C#Cc2cccc(F)c2)cn1. The van der Waals surface area contributed by atoms with Crippen molar-refractivity contribution in [1.29, 1.82) is 0 Å². The van der Waals surface area contributed by atoms with Crippen LogP contribution >= 0.6 is 0 Å². The van der Waals surface area contributed by atoms with E-state index in [2.05, 4.69) is 27.1 Å². The number of benzene rings is 1. The van der Waals surface area contributed by atoms with E-state index in [9.17, 15) is 4.39 Å². The van der Waals surface area contributed by atoms with Gasteiger partial charge < -0.3 is 11.1 Å². The smallest absolute Gasteiger partial charge is 0.144 e. The van der Waals surface area contributed by atoms with Gasteiger partial charge in [-0.1, -0.05) is 12.0 Å². The molecule has 0 amide bonds. The minimum Gasteiger partial charge on any atom is -0.369 e. The summed E-state index contributed by atoms with van der Waals surface area (Å²) in [5, 5.41) is 3.16. The zero-order valence-corrected chi connectivity index (χ0v) is 12.7. The van der Waals surface area contributed by atoms with Gasteiger partial charge in [-0.15, -0.1) is 0 Å². The molecule has 1 aromatic carbocycles. The number of anilines is 1. The monoisotopic (exact) mass is 298 g/mol. The molecule has 0 spiro atoms. The van der Waals surface area contributed by atoms with Gasteiger partial charge in [-0.3, -0.25) is 0 Å². The lowest BCUT2D eigenvalue weighted by molar-refractivity contribution is 0.490. The second kappa shape index (κ2) is 7.01. The van der Waals surface area contributed by atoms with E-state index in [-0.39, 0.29) is 11.4 Å². The van der Waals surface area contributed by atoms with Gasteiger partial charge in [-0.25, -0.2) is 14.4 Å². The number of nitrogens with one attached hydrogen (secondary N) is 1. The third kappa shape index (κ3) is 5.51. The molecular weight excluding hydrogens is 279 g/mol. The maximum Gasteiger partial charge on any atom is 0.144 e. The van der Waals surface area contributed by atoms with Gasteiger partial charge in [0.15, 0.2) is 0 Å². The molecule has 1 aromatic heterocycles. The summed E-state index contributed by atoms with van der Waals surface area (Å²) in [6, 6.07) is 6.13. The number of halogens is 1. The second-order valence-electron chi connectivity index (χ2n) is 5.71. The summed E-state index contributed by atoms with van der Waals surface area (Å²) in [5.41, 5.74) is 6.84. The van der Waals surface area contributed by atoms with Crippen molar-refractivity contribution in [3.8, 4) is 11.8 Å². The topological polar surface area (TPSA) is 63.8 Å². The van der Waals surface area contributed by atoms with Crippen LogP contribution in [0.2, 0.25) is 0 Å². The van der Waals surface area contributed by atoms with Gasteiger partial charge >= 0.3 is 0 Å². The first kappa shape index (κ1) is 15.9. The van der Waals surface area contributed by atoms with E-state index in [4.69, 9.17) is 5.73 Å². The van der Waals surface area contributed by atoms with Crippen molar-refractivity contribution in [2.75, 3.05) is 11.9 Å². The molecule has 0 fully saturated rings. The highest BCUT2D eigenvalue weighted by Gasteiger charge is 2.09. The Labute approximate surface area is 130 Å². The van der Waals surface area contributed by atoms with Crippen LogP contribution in [0.1, 0.15) is 31.5 Å². The quantitative estimate of drug-likeness (QED) is 0.852. The Balaban J connectivity index is 1.95. The molecule has 0 aliphatic rings. The summed E-state index contributed by atoms with van der Waals surface area (Å²) in [6.07, 6.45) is 4.04. The minimum absolute atomic E-state index is 0.212. The standard InChI is InChI=1S/C17H19FN4/c1-17(2,19)8-9-20-16-12-21-15(11-22-16)7-6-13-4-3-5-14(18)10-13/h3-5,10-12H,8-9,19H2,1-2H3,(H,20,22). The van der Waals surface area contributed by atoms with Crippen molar-refractivity contribution < 1.29 is 4.39 Å². The maximum absolute atomic E-state index is 13.0. The Morgan fingerprint density at radius 1 is 1.23 bits per heavy atom. The Kier molecular flexibility index (Phi) is 5.08. The van der Waals surface area contributed by atoms with E-state index in [1.54, 1.807) is 24.5 Å². The predicted octanol–water partition coefficient (Wildman–Crippen LogP) is 2.55. The van der Waals surface area contributed by atoms with Gasteiger partial charge in [-0.2, -0.15) is 0 Å².